The summed E-state index contributed by atoms with van der Waals surface area (Å²) in [6.07, 6.45) is 1.49. The molecule has 2 aromatic carbocycles. The van der Waals surface area contributed by atoms with Gasteiger partial charge in [0.2, 0.25) is 0 Å². The van der Waals surface area contributed by atoms with Crippen LogP contribution in [0.4, 0.5) is 5.13 Å². The van der Waals surface area contributed by atoms with Crippen LogP contribution in [0.25, 0.3) is 0 Å². The van der Waals surface area contributed by atoms with E-state index in [2.05, 4.69) is 15.5 Å². The largest absolute Gasteiger partial charge is 0.493 e. The van der Waals surface area contributed by atoms with E-state index in [0.717, 1.165) is 16.9 Å². The second-order valence-electron chi connectivity index (χ2n) is 5.92. The summed E-state index contributed by atoms with van der Waals surface area (Å²) in [5.74, 6) is 0.652. The van der Waals surface area contributed by atoms with Crippen molar-refractivity contribution in [3.05, 3.63) is 69.2 Å². The van der Waals surface area contributed by atoms with Gasteiger partial charge >= 0.3 is 0 Å². The van der Waals surface area contributed by atoms with Crippen molar-refractivity contribution in [3.8, 4) is 11.5 Å². The molecule has 0 saturated carbocycles. The number of methoxy groups -OCH3 is 1. The lowest BCUT2D eigenvalue weighted by atomic mass is 10.2. The number of anilines is 1. The molecule has 3 N–H and O–H groups in total. The molecular weight excluding hydrogens is 412 g/mol. The maximum Gasteiger partial charge on any atom is 0.283 e. The molecule has 0 radical (unpaired) electrons. The van der Waals surface area contributed by atoms with Crippen LogP contribution in [0, 0.1) is 6.92 Å². The van der Waals surface area contributed by atoms with Gasteiger partial charge in [-0.3, -0.25) is 4.79 Å². The Bertz CT molecular complexity index is 1050. The molecule has 3 rings (SSSR count). The van der Waals surface area contributed by atoms with Gasteiger partial charge < -0.3 is 15.2 Å². The van der Waals surface area contributed by atoms with E-state index in [9.17, 15) is 4.79 Å². The van der Waals surface area contributed by atoms with Crippen molar-refractivity contribution in [2.75, 3.05) is 12.8 Å². The van der Waals surface area contributed by atoms with E-state index in [1.807, 2.05) is 18.2 Å². The van der Waals surface area contributed by atoms with Crippen LogP contribution >= 0.6 is 22.9 Å². The lowest BCUT2D eigenvalue weighted by molar-refractivity contribution is 0.0958. The van der Waals surface area contributed by atoms with Crippen molar-refractivity contribution < 1.29 is 14.3 Å². The number of nitrogens with one attached hydrogen (secondary N) is 1. The summed E-state index contributed by atoms with van der Waals surface area (Å²) in [6, 6.07) is 12.8. The molecule has 1 heterocycles. The van der Waals surface area contributed by atoms with Gasteiger partial charge in [-0.2, -0.15) is 5.10 Å². The molecule has 0 aliphatic rings. The molecule has 0 spiro atoms. The first-order valence-electron chi connectivity index (χ1n) is 8.59. The summed E-state index contributed by atoms with van der Waals surface area (Å²) in [6.45, 7) is 1.97. The number of para-hydroxylation sites is 1. The molecule has 29 heavy (non-hydrogen) atoms. The van der Waals surface area contributed by atoms with E-state index in [4.69, 9.17) is 26.8 Å². The van der Waals surface area contributed by atoms with Gasteiger partial charge in [0.25, 0.3) is 5.91 Å². The molecule has 0 unspecified atom stereocenters. The molecule has 3 aromatic rings. The highest BCUT2D eigenvalue weighted by molar-refractivity contribution is 7.17. The van der Waals surface area contributed by atoms with Gasteiger partial charge in [0, 0.05) is 16.1 Å². The number of aromatic nitrogens is 1. The van der Waals surface area contributed by atoms with Gasteiger partial charge in [0.1, 0.15) is 11.5 Å². The maximum atomic E-state index is 12.2. The van der Waals surface area contributed by atoms with Gasteiger partial charge in [-0.15, -0.1) is 0 Å². The van der Waals surface area contributed by atoms with E-state index >= 15 is 0 Å². The summed E-state index contributed by atoms with van der Waals surface area (Å²) >= 11 is 7.31. The number of nitrogens with two attached hydrogens (primary N) is 1. The van der Waals surface area contributed by atoms with Crippen molar-refractivity contribution in [1.29, 1.82) is 0 Å². The topological polar surface area (TPSA) is 98.8 Å². The molecule has 0 aliphatic heterocycles. The van der Waals surface area contributed by atoms with Crippen molar-refractivity contribution >= 4 is 40.2 Å². The molecule has 9 heteroatoms. The molecule has 0 fully saturated rings. The molecule has 150 valence electrons. The fourth-order valence-electron chi connectivity index (χ4n) is 2.55. The highest BCUT2D eigenvalue weighted by atomic mass is 35.5. The number of halogens is 1. The third kappa shape index (κ3) is 5.04. The second-order valence-corrected chi connectivity index (χ2v) is 7.36. The Morgan fingerprint density at radius 2 is 2.10 bits per heavy atom. The Labute approximate surface area is 177 Å². The predicted molar refractivity (Wildman–Crippen MR) is 115 cm³/mol. The third-order valence-corrected chi connectivity index (χ3v) is 5.30. The van der Waals surface area contributed by atoms with Gasteiger partial charge in [0.15, 0.2) is 16.6 Å². The van der Waals surface area contributed by atoms with Crippen LogP contribution in [-0.2, 0) is 6.61 Å². The Hall–Kier alpha value is -3.10. The molecule has 0 bridgehead atoms. The smallest absolute Gasteiger partial charge is 0.283 e. The number of hydrogen-bond acceptors (Lipinski definition) is 7. The molecule has 1 aromatic heterocycles. The predicted octanol–water partition coefficient (Wildman–Crippen LogP) is 4.04. The van der Waals surface area contributed by atoms with Crippen LogP contribution in [0.2, 0.25) is 5.02 Å². The number of carbonyl (C=O) groups is 1. The fraction of sp³-hybridized carbons (Fsp3) is 0.150. The van der Waals surface area contributed by atoms with Crippen molar-refractivity contribution in [2.45, 2.75) is 13.5 Å². The summed E-state index contributed by atoms with van der Waals surface area (Å²) in [5.41, 5.74) is 10.1. The zero-order valence-electron chi connectivity index (χ0n) is 15.8. The average molecular weight is 431 g/mol. The molecule has 0 aliphatic carbocycles. The van der Waals surface area contributed by atoms with Crippen molar-refractivity contribution in [1.82, 2.24) is 10.4 Å². The summed E-state index contributed by atoms with van der Waals surface area (Å²) in [4.78, 5) is 16.7. The van der Waals surface area contributed by atoms with E-state index in [0.29, 0.717) is 37.8 Å². The molecule has 0 saturated heterocycles. The molecular formula is C20H19ClN4O3S. The standard InChI is InChI=1S/C20H19ClN4O3S/c1-12-18(29-20(22)24-12)19(26)25-23-10-13-7-5-9-16(27-2)17(13)28-11-14-6-3-4-8-15(14)21/h3-10H,11H2,1-2H3,(H2,22,24)(H,25,26). The first-order chi connectivity index (χ1) is 14.0. The Morgan fingerprint density at radius 1 is 1.31 bits per heavy atom. The molecule has 1 amide bonds. The third-order valence-electron chi connectivity index (χ3n) is 3.95. The van der Waals surface area contributed by atoms with Gasteiger partial charge in [-0.05, 0) is 25.1 Å². The van der Waals surface area contributed by atoms with Crippen LogP contribution in [0.1, 0.15) is 26.5 Å². The van der Waals surface area contributed by atoms with E-state index in [1.54, 1.807) is 38.3 Å². The Balaban J connectivity index is 1.76. The average Bonchev–Trinajstić information content (AvgIpc) is 3.05. The van der Waals surface area contributed by atoms with Gasteiger partial charge in [-0.1, -0.05) is 47.2 Å². The normalized spacial score (nSPS) is 10.9. The number of hydrazone groups is 1. The quantitative estimate of drug-likeness (QED) is 0.435. The fourth-order valence-corrected chi connectivity index (χ4v) is 3.47. The van der Waals surface area contributed by atoms with Gasteiger partial charge in [-0.25, -0.2) is 10.4 Å². The number of nitrogens with zero attached hydrogens (tertiary/aromatic N) is 2. The van der Waals surface area contributed by atoms with Crippen LogP contribution < -0.4 is 20.6 Å². The molecule has 7 nitrogen and oxygen atoms in total. The SMILES string of the molecule is COc1cccc(C=NNC(=O)c2sc(N)nc2C)c1OCc1ccccc1Cl. The summed E-state index contributed by atoms with van der Waals surface area (Å²) < 4.78 is 11.3. The van der Waals surface area contributed by atoms with E-state index in [-0.39, 0.29) is 12.5 Å². The number of rotatable bonds is 7. The number of thiazole rings is 1. The summed E-state index contributed by atoms with van der Waals surface area (Å²) in [5, 5.41) is 4.98. The Kier molecular flexibility index (Phi) is 6.69. The van der Waals surface area contributed by atoms with Gasteiger partial charge in [0.05, 0.1) is 19.0 Å². The number of nitrogen functional groups attached to an aromatic ring is 1. The zero-order chi connectivity index (χ0) is 20.8. The number of amides is 1. The Morgan fingerprint density at radius 3 is 2.79 bits per heavy atom. The number of aryl methyl sites for hydroxylation is 1. The van der Waals surface area contributed by atoms with Crippen LogP contribution in [0.3, 0.4) is 0 Å². The minimum atomic E-state index is -0.380. The van der Waals surface area contributed by atoms with E-state index < -0.39 is 0 Å². The minimum Gasteiger partial charge on any atom is -0.493 e. The zero-order valence-corrected chi connectivity index (χ0v) is 17.4. The van der Waals surface area contributed by atoms with Crippen LogP contribution in [-0.4, -0.2) is 24.2 Å². The minimum absolute atomic E-state index is 0.257. The summed E-state index contributed by atoms with van der Waals surface area (Å²) in [7, 11) is 1.55. The monoisotopic (exact) mass is 430 g/mol. The maximum absolute atomic E-state index is 12.2. The second kappa shape index (κ2) is 9.40. The lowest BCUT2D eigenvalue weighted by Crippen LogP contribution is -2.17. The molecule has 0 atom stereocenters. The van der Waals surface area contributed by atoms with Crippen LogP contribution in [0.15, 0.2) is 47.6 Å². The number of carbonyl (C=O) groups excluding carboxylic acids is 1. The number of benzene rings is 2. The number of hydrogen-bond donors (Lipinski definition) is 2. The van der Waals surface area contributed by atoms with Crippen molar-refractivity contribution in [2.24, 2.45) is 5.10 Å². The first-order valence-corrected chi connectivity index (χ1v) is 9.78. The number of ether oxygens (including phenoxy) is 2. The van der Waals surface area contributed by atoms with E-state index in [1.165, 1.54) is 6.21 Å². The highest BCUT2D eigenvalue weighted by Crippen LogP contribution is 2.31. The van der Waals surface area contributed by atoms with Crippen molar-refractivity contribution in [3.63, 3.8) is 0 Å². The first kappa shape index (κ1) is 20.6. The highest BCUT2D eigenvalue weighted by Gasteiger charge is 2.14. The van der Waals surface area contributed by atoms with Crippen LogP contribution in [0.5, 0.6) is 11.5 Å². The lowest BCUT2D eigenvalue weighted by Gasteiger charge is -2.13.